The van der Waals surface area contributed by atoms with Gasteiger partial charge in [-0.1, -0.05) is 44.2 Å². The number of aryl methyl sites for hydroxylation is 2. The van der Waals surface area contributed by atoms with Crippen molar-refractivity contribution in [1.29, 1.82) is 0 Å². The molecule has 0 unspecified atom stereocenters. The van der Waals surface area contributed by atoms with E-state index >= 15 is 0 Å². The Morgan fingerprint density at radius 1 is 1.18 bits per heavy atom. The van der Waals surface area contributed by atoms with Gasteiger partial charge in [-0.3, -0.25) is 4.79 Å². The van der Waals surface area contributed by atoms with E-state index in [1.54, 1.807) is 0 Å². The minimum absolute atomic E-state index is 0.0818. The van der Waals surface area contributed by atoms with Crippen LogP contribution in [0.4, 0.5) is 0 Å². The molecule has 0 N–H and O–H groups in total. The Labute approximate surface area is 196 Å². The van der Waals surface area contributed by atoms with Crippen LogP contribution in [0.1, 0.15) is 43.5 Å². The molecule has 33 heavy (non-hydrogen) atoms. The molecule has 1 saturated heterocycles. The van der Waals surface area contributed by atoms with Crippen molar-refractivity contribution in [1.82, 2.24) is 14.7 Å². The van der Waals surface area contributed by atoms with E-state index in [9.17, 15) is 4.79 Å². The average Bonchev–Trinajstić information content (AvgIpc) is 3.42. The summed E-state index contributed by atoms with van der Waals surface area (Å²) in [6.45, 7) is 9.67. The van der Waals surface area contributed by atoms with Crippen LogP contribution in [0.3, 0.4) is 0 Å². The summed E-state index contributed by atoms with van der Waals surface area (Å²) in [4.78, 5) is 15.0. The van der Waals surface area contributed by atoms with Gasteiger partial charge in [-0.25, -0.2) is 4.68 Å². The Morgan fingerprint density at radius 2 is 1.97 bits per heavy atom. The third-order valence-electron chi connectivity index (χ3n) is 5.94. The number of amides is 1. The van der Waals surface area contributed by atoms with E-state index in [2.05, 4.69) is 0 Å². The molecule has 2 aromatic carbocycles. The lowest BCUT2D eigenvalue weighted by Crippen LogP contribution is -2.39. The molecule has 4 rings (SSSR count). The number of benzene rings is 2. The Kier molecular flexibility index (Phi) is 7.14. The molecule has 1 aliphatic rings. The Hall–Kier alpha value is -3.12. The van der Waals surface area contributed by atoms with E-state index in [-0.39, 0.29) is 17.9 Å². The number of nitrogens with zero attached hydrogens (tertiary/aromatic N) is 3. The summed E-state index contributed by atoms with van der Waals surface area (Å²) in [7, 11) is 0. The average molecular weight is 448 g/mol. The fourth-order valence-electron chi connectivity index (χ4n) is 4.18. The first-order chi connectivity index (χ1) is 15.9. The van der Waals surface area contributed by atoms with Crippen LogP contribution in [-0.4, -0.2) is 39.8 Å². The largest absolute Gasteiger partial charge is 0.439 e. The first-order valence-corrected chi connectivity index (χ1v) is 11.7. The molecule has 1 aromatic heterocycles. The standard InChI is InChI=1S/C27H33N3O3/c1-19(2)26(31)29(17-24-14-9-15-32-24)18-25-21(4)28-30(22-11-6-5-7-12-22)27(25)33-23-13-8-10-20(3)16-23/h5-8,10-13,16,19,24H,9,14-15,17-18H2,1-4H3/t24-/m0/s1. The third kappa shape index (κ3) is 5.45. The maximum absolute atomic E-state index is 13.1. The van der Waals surface area contributed by atoms with Crippen LogP contribution in [0.2, 0.25) is 0 Å². The zero-order valence-corrected chi connectivity index (χ0v) is 20.0. The van der Waals surface area contributed by atoms with Crippen LogP contribution >= 0.6 is 0 Å². The Morgan fingerprint density at radius 3 is 2.64 bits per heavy atom. The van der Waals surface area contributed by atoms with E-state index in [0.717, 1.165) is 47.7 Å². The van der Waals surface area contributed by atoms with Crippen molar-refractivity contribution >= 4 is 5.91 Å². The molecular formula is C27H33N3O3. The molecule has 0 spiro atoms. The predicted molar refractivity (Wildman–Crippen MR) is 129 cm³/mol. The normalized spacial score (nSPS) is 15.7. The molecule has 0 saturated carbocycles. The number of carbonyl (C=O) groups excluding carboxylic acids is 1. The number of aromatic nitrogens is 2. The SMILES string of the molecule is Cc1cccc(Oc2c(CN(C[C@@H]3CCCO3)C(=O)C(C)C)c(C)nn2-c2ccccc2)c1. The topological polar surface area (TPSA) is 56.6 Å². The van der Waals surface area contributed by atoms with Crippen LogP contribution in [0.15, 0.2) is 54.6 Å². The Balaban J connectivity index is 1.73. The zero-order valence-electron chi connectivity index (χ0n) is 20.0. The molecule has 0 bridgehead atoms. The van der Waals surface area contributed by atoms with Gasteiger partial charge >= 0.3 is 0 Å². The highest BCUT2D eigenvalue weighted by molar-refractivity contribution is 5.78. The second-order valence-corrected chi connectivity index (χ2v) is 9.04. The minimum Gasteiger partial charge on any atom is -0.439 e. The molecule has 1 atom stereocenters. The molecule has 1 fully saturated rings. The maximum Gasteiger partial charge on any atom is 0.227 e. The van der Waals surface area contributed by atoms with Gasteiger partial charge in [0, 0.05) is 19.1 Å². The number of carbonyl (C=O) groups is 1. The van der Waals surface area contributed by atoms with Crippen molar-refractivity contribution < 1.29 is 14.3 Å². The lowest BCUT2D eigenvalue weighted by molar-refractivity contribution is -0.136. The second-order valence-electron chi connectivity index (χ2n) is 9.04. The summed E-state index contributed by atoms with van der Waals surface area (Å²) in [6.07, 6.45) is 2.11. The van der Waals surface area contributed by atoms with Crippen molar-refractivity contribution in [2.75, 3.05) is 13.2 Å². The van der Waals surface area contributed by atoms with Gasteiger partial charge in [-0.05, 0) is 56.5 Å². The monoisotopic (exact) mass is 447 g/mol. The maximum atomic E-state index is 13.1. The molecule has 0 radical (unpaired) electrons. The minimum atomic E-state index is -0.1000. The molecule has 2 heterocycles. The number of ether oxygens (including phenoxy) is 2. The fourth-order valence-corrected chi connectivity index (χ4v) is 4.18. The van der Waals surface area contributed by atoms with Gasteiger partial charge in [-0.2, -0.15) is 5.10 Å². The summed E-state index contributed by atoms with van der Waals surface area (Å²) in [6, 6.07) is 17.9. The van der Waals surface area contributed by atoms with E-state index in [1.165, 1.54) is 0 Å². The van der Waals surface area contributed by atoms with Crippen molar-refractivity contribution in [3.05, 3.63) is 71.4 Å². The summed E-state index contributed by atoms with van der Waals surface area (Å²) >= 11 is 0. The van der Waals surface area contributed by atoms with Crippen LogP contribution in [0.5, 0.6) is 11.6 Å². The van der Waals surface area contributed by atoms with Gasteiger partial charge in [0.05, 0.1) is 29.6 Å². The highest BCUT2D eigenvalue weighted by Gasteiger charge is 2.28. The van der Waals surface area contributed by atoms with Crippen molar-refractivity contribution in [2.24, 2.45) is 5.92 Å². The van der Waals surface area contributed by atoms with Crippen LogP contribution in [-0.2, 0) is 16.1 Å². The van der Waals surface area contributed by atoms with Crippen molar-refractivity contribution in [3.63, 3.8) is 0 Å². The van der Waals surface area contributed by atoms with Gasteiger partial charge in [0.2, 0.25) is 11.8 Å². The molecule has 3 aromatic rings. The summed E-state index contributed by atoms with van der Waals surface area (Å²) < 4.78 is 14.1. The molecule has 174 valence electrons. The van der Waals surface area contributed by atoms with Gasteiger partial charge in [-0.15, -0.1) is 0 Å². The van der Waals surface area contributed by atoms with Crippen molar-refractivity contribution in [2.45, 2.75) is 53.2 Å². The molecule has 6 nitrogen and oxygen atoms in total. The fraction of sp³-hybridized carbons (Fsp3) is 0.407. The molecular weight excluding hydrogens is 414 g/mol. The summed E-state index contributed by atoms with van der Waals surface area (Å²) in [5.74, 6) is 1.39. The predicted octanol–water partition coefficient (Wildman–Crippen LogP) is 5.45. The zero-order chi connectivity index (χ0) is 23.4. The highest BCUT2D eigenvalue weighted by Crippen LogP contribution is 2.32. The number of para-hydroxylation sites is 1. The highest BCUT2D eigenvalue weighted by atomic mass is 16.5. The van der Waals surface area contributed by atoms with Crippen LogP contribution in [0.25, 0.3) is 5.69 Å². The number of rotatable bonds is 8. The summed E-state index contributed by atoms with van der Waals surface area (Å²) in [5.41, 5.74) is 3.78. The molecule has 0 aliphatic carbocycles. The van der Waals surface area contributed by atoms with Gasteiger partial charge in [0.15, 0.2) is 0 Å². The quantitative estimate of drug-likeness (QED) is 0.461. The van der Waals surface area contributed by atoms with Gasteiger partial charge in [0.1, 0.15) is 5.75 Å². The van der Waals surface area contributed by atoms with Crippen LogP contribution in [0, 0.1) is 19.8 Å². The van der Waals surface area contributed by atoms with Crippen molar-refractivity contribution in [3.8, 4) is 17.3 Å². The molecule has 1 aliphatic heterocycles. The molecule has 1 amide bonds. The van der Waals surface area contributed by atoms with Gasteiger partial charge in [0.25, 0.3) is 0 Å². The van der Waals surface area contributed by atoms with E-state index in [0.29, 0.717) is 19.0 Å². The smallest absolute Gasteiger partial charge is 0.227 e. The molecule has 6 heteroatoms. The number of hydrogen-bond donors (Lipinski definition) is 0. The first-order valence-electron chi connectivity index (χ1n) is 11.7. The van der Waals surface area contributed by atoms with Gasteiger partial charge < -0.3 is 14.4 Å². The van der Waals surface area contributed by atoms with E-state index in [4.69, 9.17) is 14.6 Å². The second kappa shape index (κ2) is 10.2. The van der Waals surface area contributed by atoms with Crippen LogP contribution < -0.4 is 4.74 Å². The first kappa shape index (κ1) is 23.1. The number of hydrogen-bond acceptors (Lipinski definition) is 4. The Bertz CT molecular complexity index is 1090. The lowest BCUT2D eigenvalue weighted by atomic mass is 10.1. The van der Waals surface area contributed by atoms with E-state index < -0.39 is 0 Å². The summed E-state index contributed by atoms with van der Waals surface area (Å²) in [5, 5.41) is 4.81. The van der Waals surface area contributed by atoms with E-state index in [1.807, 2.05) is 91.9 Å². The third-order valence-corrected chi connectivity index (χ3v) is 5.94. The lowest BCUT2D eigenvalue weighted by Gasteiger charge is -2.27.